The van der Waals surface area contributed by atoms with E-state index in [1.54, 1.807) is 21.7 Å². The van der Waals surface area contributed by atoms with Gasteiger partial charge in [-0.2, -0.15) is 0 Å². The van der Waals surface area contributed by atoms with Crippen molar-refractivity contribution in [2.75, 3.05) is 13.1 Å². The second-order valence-corrected chi connectivity index (χ2v) is 10.7. The molecule has 1 N–H and O–H groups in total. The number of piperidine rings is 1. The molecule has 4 amide bonds. The van der Waals surface area contributed by atoms with Gasteiger partial charge < -0.3 is 19.1 Å². The molecule has 2 saturated heterocycles. The number of nitrogens with zero attached hydrogens (tertiary/aromatic N) is 3. The highest BCUT2D eigenvalue weighted by Crippen LogP contribution is 2.54. The number of nitrogens with one attached hydrogen (secondary N) is 1. The fourth-order valence-electron chi connectivity index (χ4n) is 5.48. The maximum absolute atomic E-state index is 13.2. The van der Waals surface area contributed by atoms with Crippen LogP contribution in [-0.2, 0) is 20.9 Å². The smallest absolute Gasteiger partial charge is 0.410 e. The van der Waals surface area contributed by atoms with Crippen molar-refractivity contribution in [1.29, 1.82) is 0 Å². The van der Waals surface area contributed by atoms with Crippen LogP contribution in [0.3, 0.4) is 0 Å². The van der Waals surface area contributed by atoms with Crippen LogP contribution in [0.2, 0.25) is 0 Å². The highest BCUT2D eigenvalue weighted by molar-refractivity contribution is 6.05. The molecule has 1 saturated carbocycles. The van der Waals surface area contributed by atoms with Crippen molar-refractivity contribution in [3.63, 3.8) is 0 Å². The number of likely N-dealkylation sites (tertiary alicyclic amines) is 1. The maximum atomic E-state index is 13.2. The summed E-state index contributed by atoms with van der Waals surface area (Å²) in [6, 6.07) is 0.934. The quantitative estimate of drug-likeness (QED) is 0.668. The molecular formula is C23H28N4O6. The summed E-state index contributed by atoms with van der Waals surface area (Å²) in [5, 5.41) is 2.27. The van der Waals surface area contributed by atoms with Crippen LogP contribution in [0.25, 0.3) is 0 Å². The number of pyridine rings is 1. The van der Waals surface area contributed by atoms with Crippen LogP contribution < -0.4 is 10.9 Å². The molecule has 4 heterocycles. The Hall–Kier alpha value is -3.17. The van der Waals surface area contributed by atoms with Crippen LogP contribution in [0.5, 0.6) is 0 Å². The Bertz CT molecular complexity index is 1120. The zero-order chi connectivity index (χ0) is 23.7. The molecule has 1 aromatic rings. The van der Waals surface area contributed by atoms with Crippen LogP contribution in [0.15, 0.2) is 17.1 Å². The molecule has 1 aromatic heterocycles. The molecule has 3 fully saturated rings. The summed E-state index contributed by atoms with van der Waals surface area (Å²) >= 11 is 0. The van der Waals surface area contributed by atoms with Crippen molar-refractivity contribution in [3.05, 3.63) is 33.7 Å². The van der Waals surface area contributed by atoms with Crippen molar-refractivity contribution < 1.29 is 23.9 Å². The lowest BCUT2D eigenvalue weighted by Gasteiger charge is -2.58. The highest BCUT2D eigenvalue weighted by Gasteiger charge is 2.55. The molecule has 1 spiro atoms. The molecule has 3 aliphatic heterocycles. The fourth-order valence-corrected chi connectivity index (χ4v) is 5.48. The predicted octanol–water partition coefficient (Wildman–Crippen LogP) is 1.18. The monoisotopic (exact) mass is 456 g/mol. The molecular weight excluding hydrogens is 428 g/mol. The lowest BCUT2D eigenvalue weighted by atomic mass is 9.60. The van der Waals surface area contributed by atoms with Gasteiger partial charge in [-0.3, -0.25) is 24.5 Å². The van der Waals surface area contributed by atoms with E-state index in [0.717, 1.165) is 12.8 Å². The topological polar surface area (TPSA) is 118 Å². The number of rotatable bonds is 2. The Kier molecular flexibility index (Phi) is 4.70. The van der Waals surface area contributed by atoms with Gasteiger partial charge in [-0.15, -0.1) is 0 Å². The average Bonchev–Trinajstić information content (AvgIpc) is 2.97. The molecule has 10 heteroatoms. The van der Waals surface area contributed by atoms with Gasteiger partial charge in [0.25, 0.3) is 11.5 Å². The van der Waals surface area contributed by atoms with E-state index in [-0.39, 0.29) is 54.3 Å². The summed E-state index contributed by atoms with van der Waals surface area (Å²) < 4.78 is 7.10. The van der Waals surface area contributed by atoms with E-state index in [1.165, 1.54) is 4.90 Å². The predicted molar refractivity (Wildman–Crippen MR) is 115 cm³/mol. The van der Waals surface area contributed by atoms with Crippen LogP contribution in [-0.4, -0.2) is 62.9 Å². The molecule has 1 aliphatic carbocycles. The Balaban J connectivity index is 1.25. The third-order valence-corrected chi connectivity index (χ3v) is 7.06. The normalized spacial score (nSPS) is 24.3. The minimum Gasteiger partial charge on any atom is -0.444 e. The number of hydrogen-bond donors (Lipinski definition) is 1. The van der Waals surface area contributed by atoms with Crippen molar-refractivity contribution in [2.45, 2.75) is 70.7 Å². The number of hydrogen-bond acceptors (Lipinski definition) is 6. The first-order valence-corrected chi connectivity index (χ1v) is 11.3. The second kappa shape index (κ2) is 7.16. The van der Waals surface area contributed by atoms with Gasteiger partial charge >= 0.3 is 6.09 Å². The summed E-state index contributed by atoms with van der Waals surface area (Å²) in [6.45, 7) is 6.84. The van der Waals surface area contributed by atoms with Gasteiger partial charge in [0.2, 0.25) is 11.8 Å². The maximum Gasteiger partial charge on any atom is 0.410 e. The first-order valence-electron chi connectivity index (χ1n) is 11.3. The molecule has 0 bridgehead atoms. The number of fused-ring (bicyclic) bond motifs is 1. The Morgan fingerprint density at radius 2 is 1.85 bits per heavy atom. The Labute approximate surface area is 190 Å². The SMILES string of the molecule is CC(C)(C)OC(=O)N1CC2(CC(n3ccc4c(c3=O)CN([C@H]3CCC(=O)NC3=O)C4=O)C2)C1. The van der Waals surface area contributed by atoms with E-state index in [0.29, 0.717) is 24.2 Å². The largest absolute Gasteiger partial charge is 0.444 e. The van der Waals surface area contributed by atoms with Gasteiger partial charge in [-0.05, 0) is 46.1 Å². The molecule has 10 nitrogen and oxygen atoms in total. The van der Waals surface area contributed by atoms with E-state index >= 15 is 0 Å². The number of aromatic nitrogens is 1. The summed E-state index contributed by atoms with van der Waals surface area (Å²) in [5.74, 6) is -1.18. The molecule has 0 unspecified atom stereocenters. The highest BCUT2D eigenvalue weighted by atomic mass is 16.6. The van der Waals surface area contributed by atoms with Gasteiger partial charge in [-0.1, -0.05) is 0 Å². The van der Waals surface area contributed by atoms with Crippen molar-refractivity contribution in [1.82, 2.24) is 19.7 Å². The number of amides is 4. The molecule has 0 radical (unpaired) electrons. The molecule has 33 heavy (non-hydrogen) atoms. The van der Waals surface area contributed by atoms with Gasteiger partial charge in [0.05, 0.1) is 12.1 Å². The van der Waals surface area contributed by atoms with Gasteiger partial charge in [0, 0.05) is 42.7 Å². The minimum absolute atomic E-state index is 0.0170. The van der Waals surface area contributed by atoms with E-state index in [9.17, 15) is 24.0 Å². The standard InChI is InChI=1S/C23H28N4O6/c1-22(2,3)33-21(32)25-11-23(12-25)8-13(9-23)26-7-6-14-15(20(26)31)10-27(19(14)30)16-4-5-17(28)24-18(16)29/h6-7,13,16H,4-5,8-12H2,1-3H3,(H,24,28,29)/t16-/m0/s1. The van der Waals surface area contributed by atoms with Crippen molar-refractivity contribution in [3.8, 4) is 0 Å². The molecule has 0 aromatic carbocycles. The van der Waals surface area contributed by atoms with Crippen LogP contribution in [0.1, 0.15) is 68.4 Å². The average molecular weight is 456 g/mol. The van der Waals surface area contributed by atoms with E-state index < -0.39 is 17.6 Å². The molecule has 5 rings (SSSR count). The third-order valence-electron chi connectivity index (χ3n) is 7.06. The number of carbonyl (C=O) groups excluding carboxylic acids is 4. The van der Waals surface area contributed by atoms with Crippen LogP contribution in [0, 0.1) is 5.41 Å². The zero-order valence-corrected chi connectivity index (χ0v) is 19.1. The zero-order valence-electron chi connectivity index (χ0n) is 19.1. The number of imide groups is 1. The summed E-state index contributed by atoms with van der Waals surface area (Å²) in [6.07, 6.45) is 3.36. The molecule has 1 atom stereocenters. The third kappa shape index (κ3) is 3.61. The summed E-state index contributed by atoms with van der Waals surface area (Å²) in [4.78, 5) is 65.0. The van der Waals surface area contributed by atoms with Crippen molar-refractivity contribution >= 4 is 23.8 Å². The lowest BCUT2D eigenvalue weighted by molar-refractivity contribution is -0.136. The van der Waals surface area contributed by atoms with Crippen molar-refractivity contribution in [2.24, 2.45) is 5.41 Å². The van der Waals surface area contributed by atoms with E-state index in [2.05, 4.69) is 5.32 Å². The Morgan fingerprint density at radius 3 is 2.48 bits per heavy atom. The van der Waals surface area contributed by atoms with Gasteiger partial charge in [0.15, 0.2) is 0 Å². The minimum atomic E-state index is -0.740. The van der Waals surface area contributed by atoms with E-state index in [4.69, 9.17) is 4.74 Å². The molecule has 176 valence electrons. The summed E-state index contributed by atoms with van der Waals surface area (Å²) in [5.41, 5.74) is 0.0127. The van der Waals surface area contributed by atoms with E-state index in [1.807, 2.05) is 20.8 Å². The number of carbonyl (C=O) groups is 4. The Morgan fingerprint density at radius 1 is 1.15 bits per heavy atom. The van der Waals surface area contributed by atoms with Gasteiger partial charge in [-0.25, -0.2) is 4.79 Å². The molecule has 4 aliphatic rings. The van der Waals surface area contributed by atoms with Crippen LogP contribution >= 0.6 is 0 Å². The van der Waals surface area contributed by atoms with Crippen LogP contribution in [0.4, 0.5) is 4.79 Å². The second-order valence-electron chi connectivity index (χ2n) is 10.7. The van der Waals surface area contributed by atoms with Gasteiger partial charge in [0.1, 0.15) is 11.6 Å². The lowest BCUT2D eigenvalue weighted by Crippen LogP contribution is -2.64. The first kappa shape index (κ1) is 21.7. The fraction of sp³-hybridized carbons (Fsp3) is 0.609. The number of ether oxygens (including phenoxy) is 1. The first-order chi connectivity index (χ1) is 15.5. The summed E-state index contributed by atoms with van der Waals surface area (Å²) in [7, 11) is 0.